The fourth-order valence-corrected chi connectivity index (χ4v) is 1.68. The number of carbonyl (C=O) groups excluding carboxylic acids is 1. The van der Waals surface area contributed by atoms with Gasteiger partial charge in [0.1, 0.15) is 5.69 Å². The first-order valence-corrected chi connectivity index (χ1v) is 7.09. The number of carbonyl (C=O) groups is 1. The molecule has 0 bridgehead atoms. The fourth-order valence-electron chi connectivity index (χ4n) is 1.68. The molecule has 4 nitrogen and oxygen atoms in total. The van der Waals surface area contributed by atoms with Gasteiger partial charge in [-0.3, -0.25) is 4.79 Å². The van der Waals surface area contributed by atoms with E-state index in [1.54, 1.807) is 12.3 Å². The number of anilines is 1. The van der Waals surface area contributed by atoms with E-state index in [0.29, 0.717) is 11.6 Å². The third-order valence-corrected chi connectivity index (χ3v) is 3.43. The Morgan fingerprint density at radius 1 is 1.32 bits per heavy atom. The Kier molecular flexibility index (Phi) is 6.33. The molecule has 1 rings (SSSR count). The molecule has 19 heavy (non-hydrogen) atoms. The zero-order chi connectivity index (χ0) is 14.3. The highest BCUT2D eigenvalue weighted by molar-refractivity contribution is 5.92. The van der Waals surface area contributed by atoms with Gasteiger partial charge in [-0.25, -0.2) is 4.98 Å². The van der Waals surface area contributed by atoms with Gasteiger partial charge in [0.25, 0.3) is 5.91 Å². The lowest BCUT2D eigenvalue weighted by atomic mass is 10.0. The highest BCUT2D eigenvalue weighted by atomic mass is 16.1. The van der Waals surface area contributed by atoms with Gasteiger partial charge in [-0.2, -0.15) is 0 Å². The minimum Gasteiger partial charge on any atom is -0.384 e. The van der Waals surface area contributed by atoms with Crippen LogP contribution in [0.5, 0.6) is 0 Å². The summed E-state index contributed by atoms with van der Waals surface area (Å²) in [6.45, 7) is 9.32. The number of pyridine rings is 1. The molecule has 0 aromatic carbocycles. The largest absolute Gasteiger partial charge is 0.384 e. The normalized spacial score (nSPS) is 13.7. The fraction of sp³-hybridized carbons (Fsp3) is 0.600. The summed E-state index contributed by atoms with van der Waals surface area (Å²) in [4.78, 5) is 16.2. The van der Waals surface area contributed by atoms with Crippen LogP contribution in [0.1, 0.15) is 51.0 Å². The second-order valence-electron chi connectivity index (χ2n) is 5.01. The summed E-state index contributed by atoms with van der Waals surface area (Å²) < 4.78 is 0. The maximum absolute atomic E-state index is 12.0. The predicted octanol–water partition coefficient (Wildman–Crippen LogP) is 3.07. The number of rotatable bonds is 7. The van der Waals surface area contributed by atoms with Crippen LogP contribution < -0.4 is 10.6 Å². The van der Waals surface area contributed by atoms with Crippen LogP contribution in [0, 0.1) is 5.92 Å². The highest BCUT2D eigenvalue weighted by Gasteiger charge is 2.15. The molecule has 4 heteroatoms. The van der Waals surface area contributed by atoms with Crippen molar-refractivity contribution < 1.29 is 4.79 Å². The van der Waals surface area contributed by atoms with Crippen molar-refractivity contribution in [1.82, 2.24) is 10.3 Å². The van der Waals surface area contributed by atoms with Crippen molar-refractivity contribution in [2.75, 3.05) is 11.9 Å². The van der Waals surface area contributed by atoms with Crippen molar-refractivity contribution in [1.29, 1.82) is 0 Å². The van der Waals surface area contributed by atoms with E-state index >= 15 is 0 Å². The van der Waals surface area contributed by atoms with E-state index in [-0.39, 0.29) is 11.9 Å². The van der Waals surface area contributed by atoms with Gasteiger partial charge in [0.2, 0.25) is 0 Å². The molecule has 0 radical (unpaired) electrons. The maximum Gasteiger partial charge on any atom is 0.270 e. The SMILES string of the molecule is CCCNc1ccc(C(=O)NC(C)C(C)CC)nc1. The molecular formula is C15H25N3O. The van der Waals surface area contributed by atoms with Gasteiger partial charge < -0.3 is 10.6 Å². The molecule has 0 fully saturated rings. The average molecular weight is 263 g/mol. The second kappa shape index (κ2) is 7.77. The zero-order valence-electron chi connectivity index (χ0n) is 12.4. The quantitative estimate of drug-likeness (QED) is 0.795. The number of nitrogens with one attached hydrogen (secondary N) is 2. The first-order valence-electron chi connectivity index (χ1n) is 7.09. The monoisotopic (exact) mass is 263 g/mol. The Labute approximate surface area is 116 Å². The summed E-state index contributed by atoms with van der Waals surface area (Å²) in [6.07, 6.45) is 3.82. The van der Waals surface area contributed by atoms with Gasteiger partial charge in [-0.15, -0.1) is 0 Å². The van der Waals surface area contributed by atoms with Gasteiger partial charge in [0.05, 0.1) is 11.9 Å². The molecule has 1 aromatic rings. The molecule has 0 aliphatic heterocycles. The highest BCUT2D eigenvalue weighted by Crippen LogP contribution is 2.09. The van der Waals surface area contributed by atoms with Gasteiger partial charge in [0.15, 0.2) is 0 Å². The van der Waals surface area contributed by atoms with E-state index in [1.807, 2.05) is 13.0 Å². The van der Waals surface area contributed by atoms with Crippen LogP contribution in [-0.4, -0.2) is 23.5 Å². The van der Waals surface area contributed by atoms with Crippen LogP contribution in [0.3, 0.4) is 0 Å². The van der Waals surface area contributed by atoms with Gasteiger partial charge in [-0.05, 0) is 31.4 Å². The minimum absolute atomic E-state index is 0.102. The van der Waals surface area contributed by atoms with Crippen LogP contribution >= 0.6 is 0 Å². The van der Waals surface area contributed by atoms with Crippen LogP contribution in [0.2, 0.25) is 0 Å². The van der Waals surface area contributed by atoms with Gasteiger partial charge >= 0.3 is 0 Å². The van der Waals surface area contributed by atoms with E-state index in [1.165, 1.54) is 0 Å². The first-order chi connectivity index (χ1) is 9.08. The summed E-state index contributed by atoms with van der Waals surface area (Å²) >= 11 is 0. The molecule has 0 aliphatic carbocycles. The summed E-state index contributed by atoms with van der Waals surface area (Å²) in [6, 6.07) is 3.82. The Balaban J connectivity index is 2.57. The molecule has 2 unspecified atom stereocenters. The molecule has 2 N–H and O–H groups in total. The molecule has 1 heterocycles. The molecule has 2 atom stereocenters. The Morgan fingerprint density at radius 3 is 2.58 bits per heavy atom. The Morgan fingerprint density at radius 2 is 2.05 bits per heavy atom. The van der Waals surface area contributed by atoms with E-state index < -0.39 is 0 Å². The van der Waals surface area contributed by atoms with Crippen molar-refractivity contribution in [3.05, 3.63) is 24.0 Å². The van der Waals surface area contributed by atoms with Crippen molar-refractivity contribution >= 4 is 11.6 Å². The van der Waals surface area contributed by atoms with Crippen molar-refractivity contribution in [2.45, 2.75) is 46.6 Å². The summed E-state index contributed by atoms with van der Waals surface area (Å²) in [5, 5.41) is 6.22. The second-order valence-corrected chi connectivity index (χ2v) is 5.01. The van der Waals surface area contributed by atoms with Crippen LogP contribution in [0.4, 0.5) is 5.69 Å². The van der Waals surface area contributed by atoms with E-state index in [9.17, 15) is 4.79 Å². The molecule has 0 saturated heterocycles. The summed E-state index contributed by atoms with van der Waals surface area (Å²) in [5.41, 5.74) is 1.42. The number of nitrogens with zero attached hydrogens (tertiary/aromatic N) is 1. The van der Waals surface area contributed by atoms with E-state index in [0.717, 1.165) is 25.1 Å². The average Bonchev–Trinajstić information content (AvgIpc) is 2.44. The molecule has 106 valence electrons. The Bertz CT molecular complexity index is 389. The Hall–Kier alpha value is -1.58. The number of amides is 1. The molecule has 1 amide bonds. The lowest BCUT2D eigenvalue weighted by Gasteiger charge is -2.19. The third-order valence-electron chi connectivity index (χ3n) is 3.43. The number of hydrogen-bond donors (Lipinski definition) is 2. The van der Waals surface area contributed by atoms with Crippen molar-refractivity contribution in [3.8, 4) is 0 Å². The standard InChI is InChI=1S/C15H25N3O/c1-5-9-16-13-7-8-14(17-10-13)15(19)18-12(4)11(3)6-2/h7-8,10-12,16H,5-6,9H2,1-4H3,(H,18,19). The minimum atomic E-state index is -0.102. The van der Waals surface area contributed by atoms with Crippen LogP contribution in [0.15, 0.2) is 18.3 Å². The molecule has 0 aliphatic rings. The molecule has 0 saturated carbocycles. The number of aromatic nitrogens is 1. The van der Waals surface area contributed by atoms with Crippen molar-refractivity contribution in [3.63, 3.8) is 0 Å². The van der Waals surface area contributed by atoms with Crippen LogP contribution in [0.25, 0.3) is 0 Å². The predicted molar refractivity (Wildman–Crippen MR) is 79.4 cm³/mol. The zero-order valence-corrected chi connectivity index (χ0v) is 12.4. The van der Waals surface area contributed by atoms with Gasteiger partial charge in [-0.1, -0.05) is 27.2 Å². The summed E-state index contributed by atoms with van der Waals surface area (Å²) in [7, 11) is 0. The molecule has 1 aromatic heterocycles. The first kappa shape index (κ1) is 15.5. The lowest BCUT2D eigenvalue weighted by molar-refractivity contribution is 0.0923. The lowest BCUT2D eigenvalue weighted by Crippen LogP contribution is -2.37. The van der Waals surface area contributed by atoms with Crippen molar-refractivity contribution in [2.24, 2.45) is 5.92 Å². The third kappa shape index (κ3) is 4.89. The summed E-state index contributed by atoms with van der Waals surface area (Å²) in [5.74, 6) is 0.365. The smallest absolute Gasteiger partial charge is 0.270 e. The maximum atomic E-state index is 12.0. The molecule has 0 spiro atoms. The van der Waals surface area contributed by atoms with E-state index in [2.05, 4.69) is 36.4 Å². The number of hydrogen-bond acceptors (Lipinski definition) is 3. The van der Waals surface area contributed by atoms with Gasteiger partial charge in [0, 0.05) is 12.6 Å². The topological polar surface area (TPSA) is 54.0 Å². The van der Waals surface area contributed by atoms with Crippen LogP contribution in [-0.2, 0) is 0 Å². The molecular weight excluding hydrogens is 238 g/mol. The van der Waals surface area contributed by atoms with E-state index in [4.69, 9.17) is 0 Å².